The summed E-state index contributed by atoms with van der Waals surface area (Å²) in [6, 6.07) is 13.6. The number of fused-ring (bicyclic) bond motifs is 1. The van der Waals surface area contributed by atoms with Crippen LogP contribution in [0.15, 0.2) is 42.5 Å². The van der Waals surface area contributed by atoms with Crippen LogP contribution in [0.25, 0.3) is 10.9 Å². The molecule has 0 atom stereocenters. The highest BCUT2D eigenvalue weighted by Crippen LogP contribution is 2.38. The number of nitrogens with one attached hydrogen (secondary N) is 1. The van der Waals surface area contributed by atoms with Gasteiger partial charge in [0.05, 0.1) is 21.3 Å². The third kappa shape index (κ3) is 3.56. The van der Waals surface area contributed by atoms with Gasteiger partial charge in [-0.2, -0.15) is 0 Å². The Balaban J connectivity index is 1.84. The van der Waals surface area contributed by atoms with Crippen molar-refractivity contribution in [1.29, 1.82) is 0 Å². The topological polar surface area (TPSA) is 61.7 Å². The van der Waals surface area contributed by atoms with Crippen LogP contribution in [0.1, 0.15) is 23.0 Å². The molecule has 6 nitrogen and oxygen atoms in total. The van der Waals surface area contributed by atoms with E-state index in [9.17, 15) is 4.79 Å². The largest absolute Gasteiger partial charge is 0.493 e. The maximum Gasteiger partial charge on any atom is 0.268 e. The highest BCUT2D eigenvalue weighted by atomic mass is 16.5. The van der Waals surface area contributed by atoms with E-state index in [1.54, 1.807) is 21.3 Å². The van der Waals surface area contributed by atoms with Gasteiger partial charge in [-0.3, -0.25) is 4.79 Å². The van der Waals surface area contributed by atoms with Crippen LogP contribution in [0.2, 0.25) is 0 Å². The molecule has 0 bridgehead atoms. The zero-order chi connectivity index (χ0) is 19.4. The van der Waals surface area contributed by atoms with Crippen LogP contribution < -0.4 is 19.5 Å². The maximum absolute atomic E-state index is 12.8. The molecule has 1 heterocycles. The Hall–Kier alpha value is -3.15. The number of amides is 1. The minimum absolute atomic E-state index is 0.123. The molecule has 0 aliphatic heterocycles. The van der Waals surface area contributed by atoms with Gasteiger partial charge < -0.3 is 24.1 Å². The van der Waals surface area contributed by atoms with E-state index < -0.39 is 0 Å². The number of aryl methyl sites for hydroxylation is 1. The molecule has 0 aliphatic rings. The molecule has 1 amide bonds. The SMILES string of the molecule is CCn1c(C(=O)NCc2cc(OC)c(OC)c(OC)c2)cc2ccccc21. The van der Waals surface area contributed by atoms with Crippen molar-refractivity contribution in [3.05, 3.63) is 53.7 Å². The van der Waals surface area contributed by atoms with E-state index in [2.05, 4.69) is 5.32 Å². The van der Waals surface area contributed by atoms with Gasteiger partial charge in [0.1, 0.15) is 5.69 Å². The zero-order valence-corrected chi connectivity index (χ0v) is 16.0. The first-order valence-corrected chi connectivity index (χ1v) is 8.78. The summed E-state index contributed by atoms with van der Waals surface area (Å²) in [6.07, 6.45) is 0. The van der Waals surface area contributed by atoms with Gasteiger partial charge in [-0.1, -0.05) is 18.2 Å². The zero-order valence-electron chi connectivity index (χ0n) is 16.0. The first kappa shape index (κ1) is 18.6. The second kappa shape index (κ2) is 8.03. The number of rotatable bonds is 7. The van der Waals surface area contributed by atoms with Gasteiger partial charge in [-0.25, -0.2) is 0 Å². The van der Waals surface area contributed by atoms with Crippen LogP contribution in [0, 0.1) is 0 Å². The molecule has 3 rings (SSSR count). The number of para-hydroxylation sites is 1. The smallest absolute Gasteiger partial charge is 0.268 e. The number of benzene rings is 2. The normalized spacial score (nSPS) is 10.7. The highest BCUT2D eigenvalue weighted by Gasteiger charge is 2.16. The summed E-state index contributed by atoms with van der Waals surface area (Å²) in [5.41, 5.74) is 2.56. The second-order valence-electron chi connectivity index (χ2n) is 6.05. The third-order valence-corrected chi connectivity index (χ3v) is 4.54. The number of hydrogen-bond acceptors (Lipinski definition) is 4. The fourth-order valence-corrected chi connectivity index (χ4v) is 3.25. The molecule has 6 heteroatoms. The number of hydrogen-bond donors (Lipinski definition) is 1. The van der Waals surface area contributed by atoms with Crippen LogP contribution >= 0.6 is 0 Å². The molecule has 1 N–H and O–H groups in total. The molecule has 1 aromatic heterocycles. The molecule has 3 aromatic rings. The van der Waals surface area contributed by atoms with Crippen molar-refractivity contribution in [2.75, 3.05) is 21.3 Å². The molecule has 142 valence electrons. The molecule has 0 unspecified atom stereocenters. The monoisotopic (exact) mass is 368 g/mol. The highest BCUT2D eigenvalue weighted by molar-refractivity contribution is 5.98. The van der Waals surface area contributed by atoms with Crippen molar-refractivity contribution in [3.63, 3.8) is 0 Å². The lowest BCUT2D eigenvalue weighted by atomic mass is 10.1. The Labute approximate surface area is 158 Å². The molecular weight excluding hydrogens is 344 g/mol. The van der Waals surface area contributed by atoms with Crippen LogP contribution in [0.5, 0.6) is 17.2 Å². The summed E-state index contributed by atoms with van der Waals surface area (Å²) in [4.78, 5) is 12.8. The van der Waals surface area contributed by atoms with Gasteiger partial charge in [0.15, 0.2) is 11.5 Å². The van der Waals surface area contributed by atoms with Crippen molar-refractivity contribution in [3.8, 4) is 17.2 Å². The molecule has 0 saturated heterocycles. The van der Waals surface area contributed by atoms with Crippen molar-refractivity contribution in [2.24, 2.45) is 0 Å². The van der Waals surface area contributed by atoms with Crippen LogP contribution in [0.4, 0.5) is 0 Å². The number of carbonyl (C=O) groups excluding carboxylic acids is 1. The van der Waals surface area contributed by atoms with Crippen LogP contribution in [-0.2, 0) is 13.1 Å². The molecule has 27 heavy (non-hydrogen) atoms. The molecule has 0 aliphatic carbocycles. The predicted octanol–water partition coefficient (Wildman–Crippen LogP) is 3.62. The predicted molar refractivity (Wildman–Crippen MR) is 105 cm³/mol. The van der Waals surface area contributed by atoms with Crippen molar-refractivity contribution in [2.45, 2.75) is 20.0 Å². The number of ether oxygens (including phenoxy) is 3. The summed E-state index contributed by atoms with van der Waals surface area (Å²) < 4.78 is 18.1. The molecule has 0 spiro atoms. The van der Waals surface area contributed by atoms with Crippen LogP contribution in [0.3, 0.4) is 0 Å². The van der Waals surface area contributed by atoms with E-state index in [0.717, 1.165) is 23.0 Å². The first-order valence-electron chi connectivity index (χ1n) is 8.78. The first-order chi connectivity index (χ1) is 13.1. The van der Waals surface area contributed by atoms with E-state index in [-0.39, 0.29) is 5.91 Å². The van der Waals surface area contributed by atoms with Gasteiger partial charge in [0.2, 0.25) is 5.75 Å². The number of methoxy groups -OCH3 is 3. The summed E-state index contributed by atoms with van der Waals surface area (Å²) >= 11 is 0. The van der Waals surface area contributed by atoms with Gasteiger partial charge in [0, 0.05) is 24.0 Å². The minimum atomic E-state index is -0.123. The lowest BCUT2D eigenvalue weighted by Crippen LogP contribution is -2.25. The van der Waals surface area contributed by atoms with Crippen molar-refractivity contribution in [1.82, 2.24) is 9.88 Å². The average Bonchev–Trinajstić information content (AvgIpc) is 3.09. The number of aromatic nitrogens is 1. The quantitative estimate of drug-likeness (QED) is 0.692. The Morgan fingerprint density at radius 1 is 1.00 bits per heavy atom. The van der Waals surface area contributed by atoms with E-state index in [1.807, 2.05) is 54.0 Å². The van der Waals surface area contributed by atoms with Gasteiger partial charge >= 0.3 is 0 Å². The Morgan fingerprint density at radius 3 is 2.26 bits per heavy atom. The fraction of sp³-hybridized carbons (Fsp3) is 0.286. The molecule has 0 saturated carbocycles. The van der Waals surface area contributed by atoms with E-state index in [1.165, 1.54) is 0 Å². The number of nitrogens with zero attached hydrogens (tertiary/aromatic N) is 1. The summed E-state index contributed by atoms with van der Waals surface area (Å²) in [5.74, 6) is 1.52. The van der Waals surface area contributed by atoms with Crippen molar-refractivity contribution >= 4 is 16.8 Å². The Bertz CT molecular complexity index is 937. The summed E-state index contributed by atoms with van der Waals surface area (Å²) in [7, 11) is 4.70. The second-order valence-corrected chi connectivity index (χ2v) is 6.05. The Morgan fingerprint density at radius 2 is 1.67 bits per heavy atom. The summed E-state index contributed by atoms with van der Waals surface area (Å²) in [6.45, 7) is 3.10. The van der Waals surface area contributed by atoms with E-state index >= 15 is 0 Å². The standard InChI is InChI=1S/C21H24N2O4/c1-5-23-16-9-7-6-8-15(16)12-17(23)21(24)22-13-14-10-18(25-2)20(27-4)19(11-14)26-3/h6-12H,5,13H2,1-4H3,(H,22,24). The fourth-order valence-electron chi connectivity index (χ4n) is 3.25. The molecular formula is C21H24N2O4. The van der Waals surface area contributed by atoms with Crippen LogP contribution in [-0.4, -0.2) is 31.8 Å². The van der Waals surface area contributed by atoms with Crippen molar-refractivity contribution < 1.29 is 19.0 Å². The summed E-state index contributed by atoms with van der Waals surface area (Å²) in [5, 5.41) is 4.03. The third-order valence-electron chi connectivity index (χ3n) is 4.54. The average molecular weight is 368 g/mol. The molecule has 0 radical (unpaired) electrons. The van der Waals surface area contributed by atoms with E-state index in [4.69, 9.17) is 14.2 Å². The lowest BCUT2D eigenvalue weighted by Gasteiger charge is -2.14. The van der Waals surface area contributed by atoms with Gasteiger partial charge in [0.25, 0.3) is 5.91 Å². The minimum Gasteiger partial charge on any atom is -0.493 e. The number of carbonyl (C=O) groups is 1. The lowest BCUT2D eigenvalue weighted by molar-refractivity contribution is 0.0942. The molecule has 0 fully saturated rings. The molecule has 2 aromatic carbocycles. The van der Waals surface area contributed by atoms with Gasteiger partial charge in [-0.05, 0) is 36.8 Å². The Kier molecular flexibility index (Phi) is 5.54. The van der Waals surface area contributed by atoms with E-state index in [0.29, 0.717) is 29.5 Å². The van der Waals surface area contributed by atoms with Gasteiger partial charge in [-0.15, -0.1) is 0 Å². The maximum atomic E-state index is 12.8.